The van der Waals surface area contributed by atoms with Crippen molar-refractivity contribution in [2.45, 2.75) is 26.7 Å². The maximum absolute atomic E-state index is 12.4. The molecule has 1 aromatic carbocycles. The minimum absolute atomic E-state index is 0.106. The van der Waals surface area contributed by atoms with Crippen LogP contribution in [0.15, 0.2) is 22.6 Å². The van der Waals surface area contributed by atoms with Gasteiger partial charge in [0.1, 0.15) is 5.52 Å². The highest BCUT2D eigenvalue weighted by molar-refractivity contribution is 5.97. The number of piperidine rings is 1. The molecular weight excluding hydrogens is 240 g/mol. The standard InChI is InChI=1S/C15H18N2O2/c1-10-5-7-17(8-6-10)15(18)12-3-4-14-13(9-12)16-11(2)19-14/h3-4,9-10H,5-8H2,1-2H3. The Hall–Kier alpha value is -1.84. The predicted octanol–water partition coefficient (Wildman–Crippen LogP) is 3.01. The predicted molar refractivity (Wildman–Crippen MR) is 73.0 cm³/mol. The van der Waals surface area contributed by atoms with Gasteiger partial charge in [0.25, 0.3) is 5.91 Å². The molecule has 19 heavy (non-hydrogen) atoms. The molecule has 0 aliphatic carbocycles. The molecule has 4 nitrogen and oxygen atoms in total. The summed E-state index contributed by atoms with van der Waals surface area (Å²) in [6.45, 7) is 5.77. The monoisotopic (exact) mass is 258 g/mol. The third-order valence-electron chi connectivity index (χ3n) is 3.81. The molecule has 1 aliphatic rings. The summed E-state index contributed by atoms with van der Waals surface area (Å²) in [4.78, 5) is 18.6. The Labute approximate surface area is 112 Å². The second-order valence-electron chi connectivity index (χ2n) is 5.39. The number of carbonyl (C=O) groups is 1. The lowest BCUT2D eigenvalue weighted by Crippen LogP contribution is -2.37. The first-order valence-electron chi connectivity index (χ1n) is 6.80. The number of amides is 1. The summed E-state index contributed by atoms with van der Waals surface area (Å²) in [6.07, 6.45) is 2.19. The van der Waals surface area contributed by atoms with Crippen molar-refractivity contribution in [3.05, 3.63) is 29.7 Å². The Morgan fingerprint density at radius 2 is 2.11 bits per heavy atom. The van der Waals surface area contributed by atoms with Crippen LogP contribution < -0.4 is 0 Å². The van der Waals surface area contributed by atoms with Gasteiger partial charge < -0.3 is 9.32 Å². The first-order chi connectivity index (χ1) is 9.13. The molecule has 0 radical (unpaired) electrons. The van der Waals surface area contributed by atoms with Crippen LogP contribution in [0.1, 0.15) is 36.0 Å². The first-order valence-corrected chi connectivity index (χ1v) is 6.80. The Morgan fingerprint density at radius 3 is 2.84 bits per heavy atom. The number of benzene rings is 1. The molecule has 3 rings (SSSR count). The van der Waals surface area contributed by atoms with E-state index in [0.717, 1.165) is 42.9 Å². The molecule has 2 aromatic rings. The molecule has 1 aliphatic heterocycles. The zero-order valence-electron chi connectivity index (χ0n) is 11.3. The minimum Gasteiger partial charge on any atom is -0.441 e. The molecule has 1 amide bonds. The van der Waals surface area contributed by atoms with Crippen LogP contribution in [0.5, 0.6) is 0 Å². The first kappa shape index (κ1) is 12.2. The number of aryl methyl sites for hydroxylation is 1. The second-order valence-corrected chi connectivity index (χ2v) is 5.39. The van der Waals surface area contributed by atoms with E-state index in [1.54, 1.807) is 0 Å². The number of rotatable bonds is 1. The van der Waals surface area contributed by atoms with Gasteiger partial charge in [0, 0.05) is 25.6 Å². The fraction of sp³-hybridized carbons (Fsp3) is 0.467. The van der Waals surface area contributed by atoms with Gasteiger partial charge >= 0.3 is 0 Å². The zero-order chi connectivity index (χ0) is 13.4. The smallest absolute Gasteiger partial charge is 0.253 e. The fourth-order valence-corrected chi connectivity index (χ4v) is 2.57. The summed E-state index contributed by atoms with van der Waals surface area (Å²) in [7, 11) is 0. The van der Waals surface area contributed by atoms with Crippen LogP contribution in [-0.2, 0) is 0 Å². The van der Waals surface area contributed by atoms with Crippen LogP contribution >= 0.6 is 0 Å². The molecule has 1 saturated heterocycles. The van der Waals surface area contributed by atoms with E-state index in [1.807, 2.05) is 30.0 Å². The highest BCUT2D eigenvalue weighted by atomic mass is 16.3. The van der Waals surface area contributed by atoms with Crippen LogP contribution in [0.4, 0.5) is 0 Å². The van der Waals surface area contributed by atoms with Crippen molar-refractivity contribution in [3.63, 3.8) is 0 Å². The van der Waals surface area contributed by atoms with Gasteiger partial charge in [-0.25, -0.2) is 4.98 Å². The third kappa shape index (κ3) is 2.35. The Balaban J connectivity index is 1.84. The third-order valence-corrected chi connectivity index (χ3v) is 3.81. The van der Waals surface area contributed by atoms with Crippen molar-refractivity contribution in [3.8, 4) is 0 Å². The maximum Gasteiger partial charge on any atom is 0.253 e. The lowest BCUT2D eigenvalue weighted by Gasteiger charge is -2.30. The summed E-state index contributed by atoms with van der Waals surface area (Å²) < 4.78 is 5.43. The molecule has 0 N–H and O–H groups in total. The van der Waals surface area contributed by atoms with E-state index >= 15 is 0 Å². The van der Waals surface area contributed by atoms with Gasteiger partial charge in [-0.15, -0.1) is 0 Å². The minimum atomic E-state index is 0.106. The lowest BCUT2D eigenvalue weighted by atomic mass is 9.98. The summed E-state index contributed by atoms with van der Waals surface area (Å²) in [5.74, 6) is 1.46. The average molecular weight is 258 g/mol. The van der Waals surface area contributed by atoms with Gasteiger partial charge in [-0.1, -0.05) is 6.92 Å². The van der Waals surface area contributed by atoms with Crippen LogP contribution in [0.25, 0.3) is 11.1 Å². The molecule has 0 atom stereocenters. The van der Waals surface area contributed by atoms with E-state index < -0.39 is 0 Å². The van der Waals surface area contributed by atoms with E-state index in [1.165, 1.54) is 0 Å². The van der Waals surface area contributed by atoms with Gasteiger partial charge in [-0.05, 0) is 37.0 Å². The molecule has 1 aromatic heterocycles. The molecule has 4 heteroatoms. The van der Waals surface area contributed by atoms with Crippen molar-refractivity contribution in [2.24, 2.45) is 5.92 Å². The van der Waals surface area contributed by atoms with Crippen LogP contribution in [0.3, 0.4) is 0 Å². The number of fused-ring (bicyclic) bond motifs is 1. The van der Waals surface area contributed by atoms with Crippen molar-refractivity contribution < 1.29 is 9.21 Å². The second kappa shape index (κ2) is 4.68. The lowest BCUT2D eigenvalue weighted by molar-refractivity contribution is 0.0697. The van der Waals surface area contributed by atoms with E-state index in [4.69, 9.17) is 4.42 Å². The number of hydrogen-bond acceptors (Lipinski definition) is 3. The summed E-state index contributed by atoms with van der Waals surface area (Å²) in [5, 5.41) is 0. The van der Waals surface area contributed by atoms with Crippen molar-refractivity contribution >= 4 is 17.0 Å². The van der Waals surface area contributed by atoms with Crippen LogP contribution in [0, 0.1) is 12.8 Å². The van der Waals surface area contributed by atoms with E-state index in [2.05, 4.69) is 11.9 Å². The molecule has 1 fully saturated rings. The zero-order valence-corrected chi connectivity index (χ0v) is 11.3. The molecule has 0 spiro atoms. The fourth-order valence-electron chi connectivity index (χ4n) is 2.57. The number of carbonyl (C=O) groups excluding carboxylic acids is 1. The number of likely N-dealkylation sites (tertiary alicyclic amines) is 1. The quantitative estimate of drug-likeness (QED) is 0.790. The number of hydrogen-bond donors (Lipinski definition) is 0. The van der Waals surface area contributed by atoms with Crippen molar-refractivity contribution in [1.82, 2.24) is 9.88 Å². The Kier molecular flexibility index (Phi) is 3.01. The van der Waals surface area contributed by atoms with Crippen molar-refractivity contribution in [1.29, 1.82) is 0 Å². The van der Waals surface area contributed by atoms with Gasteiger partial charge in [-0.3, -0.25) is 4.79 Å². The van der Waals surface area contributed by atoms with E-state index in [0.29, 0.717) is 11.5 Å². The Morgan fingerprint density at radius 1 is 1.37 bits per heavy atom. The highest BCUT2D eigenvalue weighted by Crippen LogP contribution is 2.21. The van der Waals surface area contributed by atoms with E-state index in [9.17, 15) is 4.79 Å². The largest absolute Gasteiger partial charge is 0.441 e. The SMILES string of the molecule is Cc1nc2cc(C(=O)N3CCC(C)CC3)ccc2o1. The van der Waals surface area contributed by atoms with Gasteiger partial charge in [0.2, 0.25) is 0 Å². The number of oxazole rings is 1. The van der Waals surface area contributed by atoms with E-state index in [-0.39, 0.29) is 5.91 Å². The molecule has 100 valence electrons. The summed E-state index contributed by atoms with van der Waals surface area (Å²) in [6, 6.07) is 5.48. The number of aromatic nitrogens is 1. The highest BCUT2D eigenvalue weighted by Gasteiger charge is 2.21. The summed E-state index contributed by atoms with van der Waals surface area (Å²) in [5.41, 5.74) is 2.20. The normalized spacial score (nSPS) is 17.1. The van der Waals surface area contributed by atoms with Gasteiger partial charge in [0.15, 0.2) is 11.5 Å². The number of nitrogens with zero attached hydrogens (tertiary/aromatic N) is 2. The molecule has 0 unspecified atom stereocenters. The van der Waals surface area contributed by atoms with Crippen molar-refractivity contribution in [2.75, 3.05) is 13.1 Å². The molecule has 0 bridgehead atoms. The average Bonchev–Trinajstić information content (AvgIpc) is 2.77. The van der Waals surface area contributed by atoms with Crippen LogP contribution in [0.2, 0.25) is 0 Å². The van der Waals surface area contributed by atoms with Crippen LogP contribution in [-0.4, -0.2) is 28.9 Å². The topological polar surface area (TPSA) is 46.3 Å². The molecule has 0 saturated carbocycles. The molecule has 2 heterocycles. The Bertz CT molecular complexity index is 610. The maximum atomic E-state index is 12.4. The van der Waals surface area contributed by atoms with Gasteiger partial charge in [-0.2, -0.15) is 0 Å². The van der Waals surface area contributed by atoms with Gasteiger partial charge in [0.05, 0.1) is 0 Å². The summed E-state index contributed by atoms with van der Waals surface area (Å²) >= 11 is 0. The molecular formula is C15H18N2O2.